The monoisotopic (exact) mass is 248 g/mol. The van der Waals surface area contributed by atoms with Gasteiger partial charge in [0, 0.05) is 5.56 Å². The van der Waals surface area contributed by atoms with Crippen molar-refractivity contribution in [3.8, 4) is 0 Å². The minimum absolute atomic E-state index is 0.132. The SMILES string of the molecule is C=C(C(=O)O)c1c2ccccc2cc2ccccc12. The number of hydrogen-bond donors (Lipinski definition) is 1. The number of carbonyl (C=O) groups is 1. The average Bonchev–Trinajstić information content (AvgIpc) is 2.43. The quantitative estimate of drug-likeness (QED) is 0.548. The summed E-state index contributed by atoms with van der Waals surface area (Å²) in [6, 6.07) is 17.6. The molecule has 0 unspecified atom stereocenters. The number of hydrogen-bond acceptors (Lipinski definition) is 1. The Morgan fingerprint density at radius 3 is 1.84 bits per heavy atom. The van der Waals surface area contributed by atoms with Gasteiger partial charge in [-0.05, 0) is 27.6 Å². The van der Waals surface area contributed by atoms with Crippen molar-refractivity contribution in [3.63, 3.8) is 0 Å². The molecular formula is C17H12O2. The second kappa shape index (κ2) is 4.25. The van der Waals surface area contributed by atoms with Gasteiger partial charge in [-0.3, -0.25) is 0 Å². The van der Waals surface area contributed by atoms with Crippen molar-refractivity contribution in [1.29, 1.82) is 0 Å². The lowest BCUT2D eigenvalue weighted by Crippen LogP contribution is -1.99. The molecular weight excluding hydrogens is 236 g/mol. The summed E-state index contributed by atoms with van der Waals surface area (Å²) in [5.74, 6) is -0.985. The predicted molar refractivity (Wildman–Crippen MR) is 78.1 cm³/mol. The minimum atomic E-state index is -0.985. The van der Waals surface area contributed by atoms with Gasteiger partial charge in [0.2, 0.25) is 0 Å². The summed E-state index contributed by atoms with van der Waals surface area (Å²) in [5, 5.41) is 13.2. The summed E-state index contributed by atoms with van der Waals surface area (Å²) in [6.07, 6.45) is 0. The Morgan fingerprint density at radius 1 is 0.895 bits per heavy atom. The first-order valence-electron chi connectivity index (χ1n) is 6.01. The van der Waals surface area contributed by atoms with Gasteiger partial charge in [0.05, 0.1) is 5.57 Å². The third kappa shape index (κ3) is 1.78. The van der Waals surface area contributed by atoms with Gasteiger partial charge in [0.25, 0.3) is 0 Å². The molecule has 0 saturated carbocycles. The molecule has 0 heterocycles. The minimum Gasteiger partial charge on any atom is -0.478 e. The van der Waals surface area contributed by atoms with Crippen molar-refractivity contribution >= 4 is 33.1 Å². The van der Waals surface area contributed by atoms with Crippen LogP contribution >= 0.6 is 0 Å². The Balaban J connectivity index is 2.53. The third-order valence-corrected chi connectivity index (χ3v) is 3.33. The maximum Gasteiger partial charge on any atom is 0.335 e. The van der Waals surface area contributed by atoms with Crippen molar-refractivity contribution in [1.82, 2.24) is 0 Å². The van der Waals surface area contributed by atoms with Gasteiger partial charge < -0.3 is 5.11 Å². The van der Waals surface area contributed by atoms with E-state index in [-0.39, 0.29) is 5.57 Å². The van der Waals surface area contributed by atoms with E-state index >= 15 is 0 Å². The molecule has 0 radical (unpaired) electrons. The number of carboxylic acid groups (broad SMARTS) is 1. The van der Waals surface area contributed by atoms with E-state index in [4.69, 9.17) is 0 Å². The summed E-state index contributed by atoms with van der Waals surface area (Å²) in [5.41, 5.74) is 0.842. The molecule has 0 aromatic heterocycles. The molecule has 0 aliphatic rings. The summed E-state index contributed by atoms with van der Waals surface area (Å²) in [4.78, 5) is 11.3. The first kappa shape index (κ1) is 11.5. The van der Waals surface area contributed by atoms with Crippen LogP contribution in [-0.2, 0) is 4.79 Å². The first-order chi connectivity index (χ1) is 9.18. The van der Waals surface area contributed by atoms with Gasteiger partial charge in [0.15, 0.2) is 0 Å². The predicted octanol–water partition coefficient (Wildman–Crippen LogP) is 4.09. The zero-order chi connectivity index (χ0) is 13.4. The zero-order valence-corrected chi connectivity index (χ0v) is 10.3. The fourth-order valence-corrected chi connectivity index (χ4v) is 2.45. The number of benzene rings is 3. The van der Waals surface area contributed by atoms with E-state index in [1.807, 2.05) is 48.5 Å². The van der Waals surface area contributed by atoms with Crippen molar-refractivity contribution in [2.75, 3.05) is 0 Å². The van der Waals surface area contributed by atoms with Crippen molar-refractivity contribution in [2.24, 2.45) is 0 Å². The van der Waals surface area contributed by atoms with Crippen molar-refractivity contribution in [3.05, 3.63) is 66.7 Å². The molecule has 0 saturated heterocycles. The van der Waals surface area contributed by atoms with E-state index in [2.05, 4.69) is 12.6 Å². The van der Waals surface area contributed by atoms with Gasteiger partial charge in [-0.2, -0.15) is 0 Å². The fourth-order valence-electron chi connectivity index (χ4n) is 2.45. The van der Waals surface area contributed by atoms with Gasteiger partial charge in [-0.25, -0.2) is 4.79 Å². The van der Waals surface area contributed by atoms with Crippen LogP contribution in [0.25, 0.3) is 27.1 Å². The van der Waals surface area contributed by atoms with Crippen molar-refractivity contribution < 1.29 is 9.90 Å². The topological polar surface area (TPSA) is 37.3 Å². The van der Waals surface area contributed by atoms with Gasteiger partial charge >= 0.3 is 5.97 Å². The van der Waals surface area contributed by atoms with Gasteiger partial charge in [-0.15, -0.1) is 0 Å². The van der Waals surface area contributed by atoms with E-state index in [9.17, 15) is 9.90 Å². The van der Waals surface area contributed by atoms with Crippen LogP contribution in [0.4, 0.5) is 0 Å². The summed E-state index contributed by atoms with van der Waals surface area (Å²) in [7, 11) is 0. The molecule has 2 heteroatoms. The van der Waals surface area contributed by atoms with E-state index in [0.717, 1.165) is 21.5 Å². The molecule has 0 spiro atoms. The first-order valence-corrected chi connectivity index (χ1v) is 6.01. The second-order valence-corrected chi connectivity index (χ2v) is 4.48. The van der Waals surface area contributed by atoms with E-state index < -0.39 is 5.97 Å². The molecule has 0 fully saturated rings. The molecule has 0 bridgehead atoms. The van der Waals surface area contributed by atoms with Crippen LogP contribution in [0.1, 0.15) is 5.56 Å². The Labute approximate surface area is 110 Å². The summed E-state index contributed by atoms with van der Waals surface area (Å²) in [6.45, 7) is 3.73. The Kier molecular flexibility index (Phi) is 2.57. The smallest absolute Gasteiger partial charge is 0.335 e. The van der Waals surface area contributed by atoms with Gasteiger partial charge in [0.1, 0.15) is 0 Å². The van der Waals surface area contributed by atoms with Crippen molar-refractivity contribution in [2.45, 2.75) is 0 Å². The highest BCUT2D eigenvalue weighted by Crippen LogP contribution is 2.32. The molecule has 0 aliphatic carbocycles. The highest BCUT2D eigenvalue weighted by Gasteiger charge is 2.14. The van der Waals surface area contributed by atoms with Crippen LogP contribution in [0, 0.1) is 0 Å². The molecule has 1 N–H and O–H groups in total. The molecule has 92 valence electrons. The molecule has 0 amide bonds. The maximum atomic E-state index is 11.3. The molecule has 19 heavy (non-hydrogen) atoms. The second-order valence-electron chi connectivity index (χ2n) is 4.48. The Morgan fingerprint density at radius 2 is 1.37 bits per heavy atom. The standard InChI is InChI=1S/C17H12O2/c1-11(17(18)19)16-14-8-4-2-6-12(14)10-13-7-3-5-9-15(13)16/h2-10H,1H2,(H,18,19). The molecule has 0 atom stereocenters. The molecule has 0 aliphatic heterocycles. The normalized spacial score (nSPS) is 10.7. The number of rotatable bonds is 2. The summed E-state index contributed by atoms with van der Waals surface area (Å²) >= 11 is 0. The lowest BCUT2D eigenvalue weighted by molar-refractivity contribution is -0.130. The Hall–Kier alpha value is -2.61. The highest BCUT2D eigenvalue weighted by atomic mass is 16.4. The van der Waals surface area contributed by atoms with Crippen LogP contribution in [0.5, 0.6) is 0 Å². The lowest BCUT2D eigenvalue weighted by Gasteiger charge is -2.11. The Bertz CT molecular complexity index is 762. The largest absolute Gasteiger partial charge is 0.478 e. The molecule has 2 nitrogen and oxygen atoms in total. The van der Waals surface area contributed by atoms with Crippen LogP contribution in [0.15, 0.2) is 61.2 Å². The summed E-state index contributed by atoms with van der Waals surface area (Å²) < 4.78 is 0. The van der Waals surface area contributed by atoms with Crippen LogP contribution in [-0.4, -0.2) is 11.1 Å². The average molecular weight is 248 g/mol. The lowest BCUT2D eigenvalue weighted by atomic mass is 9.93. The van der Waals surface area contributed by atoms with E-state index in [1.165, 1.54) is 0 Å². The fraction of sp³-hybridized carbons (Fsp3) is 0. The highest BCUT2D eigenvalue weighted by molar-refractivity contribution is 6.24. The number of fused-ring (bicyclic) bond motifs is 2. The van der Waals surface area contributed by atoms with Crippen LogP contribution in [0.2, 0.25) is 0 Å². The third-order valence-electron chi connectivity index (χ3n) is 3.33. The number of carboxylic acids is 1. The van der Waals surface area contributed by atoms with Gasteiger partial charge in [-0.1, -0.05) is 55.1 Å². The van der Waals surface area contributed by atoms with E-state index in [1.54, 1.807) is 0 Å². The molecule has 3 aromatic rings. The van der Waals surface area contributed by atoms with Crippen LogP contribution in [0.3, 0.4) is 0 Å². The molecule has 3 aromatic carbocycles. The van der Waals surface area contributed by atoms with Crippen LogP contribution < -0.4 is 0 Å². The zero-order valence-electron chi connectivity index (χ0n) is 10.3. The number of aliphatic carboxylic acids is 1. The van der Waals surface area contributed by atoms with E-state index in [0.29, 0.717) is 5.56 Å². The molecule has 3 rings (SSSR count). The maximum absolute atomic E-state index is 11.3.